The van der Waals surface area contributed by atoms with Crippen LogP contribution in [0.25, 0.3) is 22.4 Å². The van der Waals surface area contributed by atoms with Crippen molar-refractivity contribution in [2.24, 2.45) is 0 Å². The highest BCUT2D eigenvalue weighted by Crippen LogP contribution is 2.30. The maximum absolute atomic E-state index is 14.6. The van der Waals surface area contributed by atoms with Gasteiger partial charge in [-0.15, -0.1) is 0 Å². The minimum absolute atomic E-state index is 0.0399. The Labute approximate surface area is 184 Å². The number of benzene rings is 3. The van der Waals surface area contributed by atoms with Crippen LogP contribution < -0.4 is 5.32 Å². The summed E-state index contributed by atoms with van der Waals surface area (Å²) in [5.41, 5.74) is 1.91. The van der Waals surface area contributed by atoms with Crippen molar-refractivity contribution in [1.82, 2.24) is 9.29 Å². The molecule has 0 fully saturated rings. The molecule has 1 N–H and O–H groups in total. The fraction of sp³-hybridized carbons (Fsp3) is 0.0833. The molecule has 0 aliphatic carbocycles. The molecule has 0 aliphatic rings. The molecule has 7 heteroatoms. The zero-order valence-electron chi connectivity index (χ0n) is 19.2. The Kier molecular flexibility index (Phi) is 4.74. The summed E-state index contributed by atoms with van der Waals surface area (Å²) >= 11 is 0. The number of rotatable bonds is 6. The van der Waals surface area contributed by atoms with Crippen LogP contribution in [0, 0.1) is 11.6 Å². The fourth-order valence-corrected chi connectivity index (χ4v) is 4.73. The summed E-state index contributed by atoms with van der Waals surface area (Å²) in [5, 5.41) is 2.34. The Balaban J connectivity index is 1.76. The van der Waals surface area contributed by atoms with E-state index in [1.807, 2.05) is 0 Å². The lowest BCUT2D eigenvalue weighted by Gasteiger charge is -2.12. The van der Waals surface area contributed by atoms with E-state index in [9.17, 15) is 17.2 Å². The van der Waals surface area contributed by atoms with Gasteiger partial charge in [0.25, 0.3) is 10.0 Å². The minimum atomic E-state index is -4.15. The first kappa shape index (κ1) is 17.4. The predicted molar refractivity (Wildman–Crippen MR) is 117 cm³/mol. The van der Waals surface area contributed by atoms with Gasteiger partial charge < -0.3 is 5.32 Å². The lowest BCUT2D eigenvalue weighted by atomic mass is 10.1. The van der Waals surface area contributed by atoms with Crippen LogP contribution in [0.4, 0.5) is 8.78 Å². The summed E-state index contributed by atoms with van der Waals surface area (Å²) in [6.07, 6.45) is 1.28. The van der Waals surface area contributed by atoms with Crippen LogP contribution in [-0.2, 0) is 16.6 Å². The Morgan fingerprint density at radius 3 is 2.23 bits per heavy atom. The summed E-state index contributed by atoms with van der Waals surface area (Å²) < 4.78 is 77.7. The van der Waals surface area contributed by atoms with Gasteiger partial charge in [-0.05, 0) is 66.1 Å². The molecule has 31 heavy (non-hydrogen) atoms. The second-order valence-corrected chi connectivity index (χ2v) is 8.71. The Morgan fingerprint density at radius 1 is 0.935 bits per heavy atom. The van der Waals surface area contributed by atoms with E-state index in [1.54, 1.807) is 30.3 Å². The third-order valence-electron chi connectivity index (χ3n) is 4.87. The average Bonchev–Trinajstić information content (AvgIpc) is 3.23. The molecule has 1 heterocycles. The van der Waals surface area contributed by atoms with Gasteiger partial charge in [-0.2, -0.15) is 0 Å². The molecule has 1 aromatic heterocycles. The SMILES string of the molecule is [2H]C([2H])([2H])NCc1cc(-c2ccccc2F)n(S(=O)(=O)c2ccc(-c3ccc(F)cc3)cc2)c1. The highest BCUT2D eigenvalue weighted by atomic mass is 32.2. The van der Waals surface area contributed by atoms with E-state index < -0.39 is 22.8 Å². The fourth-order valence-electron chi connectivity index (χ4n) is 3.33. The maximum atomic E-state index is 14.6. The third kappa shape index (κ3) is 4.15. The van der Waals surface area contributed by atoms with E-state index in [2.05, 4.69) is 5.32 Å². The van der Waals surface area contributed by atoms with Gasteiger partial charge in [-0.1, -0.05) is 36.4 Å². The zero-order chi connectivity index (χ0) is 24.5. The largest absolute Gasteiger partial charge is 0.316 e. The Hall–Kier alpha value is -3.29. The molecule has 0 radical (unpaired) electrons. The Bertz CT molecular complexity index is 1420. The molecule has 0 amide bonds. The number of nitrogens with one attached hydrogen (secondary N) is 1. The molecular formula is C24H20F2N2O2S. The molecule has 0 aliphatic heterocycles. The molecule has 4 nitrogen and oxygen atoms in total. The van der Waals surface area contributed by atoms with Crippen LogP contribution in [0.1, 0.15) is 9.68 Å². The smallest absolute Gasteiger partial charge is 0.268 e. The Morgan fingerprint density at radius 2 is 1.58 bits per heavy atom. The molecular weight excluding hydrogens is 418 g/mol. The average molecular weight is 442 g/mol. The summed E-state index contributed by atoms with van der Waals surface area (Å²) in [6, 6.07) is 19.0. The topological polar surface area (TPSA) is 51.1 Å². The quantitative estimate of drug-likeness (QED) is 0.455. The van der Waals surface area contributed by atoms with Crippen molar-refractivity contribution >= 4 is 10.0 Å². The van der Waals surface area contributed by atoms with Gasteiger partial charge >= 0.3 is 0 Å². The van der Waals surface area contributed by atoms with Crippen molar-refractivity contribution in [2.75, 3.05) is 6.98 Å². The van der Waals surface area contributed by atoms with Gasteiger partial charge in [0.05, 0.1) is 10.6 Å². The minimum Gasteiger partial charge on any atom is -0.316 e. The van der Waals surface area contributed by atoms with Crippen molar-refractivity contribution in [3.05, 3.63) is 102 Å². The van der Waals surface area contributed by atoms with E-state index in [0.717, 1.165) is 9.54 Å². The van der Waals surface area contributed by atoms with Gasteiger partial charge in [0.1, 0.15) is 11.6 Å². The van der Waals surface area contributed by atoms with E-state index in [0.29, 0.717) is 11.1 Å². The molecule has 0 spiro atoms. The van der Waals surface area contributed by atoms with E-state index in [-0.39, 0.29) is 28.5 Å². The van der Waals surface area contributed by atoms with Crippen LogP contribution >= 0.6 is 0 Å². The molecule has 0 saturated carbocycles. The van der Waals surface area contributed by atoms with Crippen molar-refractivity contribution in [2.45, 2.75) is 11.4 Å². The lowest BCUT2D eigenvalue weighted by Crippen LogP contribution is -2.13. The first-order chi connectivity index (χ1) is 16.0. The number of hydrogen-bond donors (Lipinski definition) is 1. The molecule has 3 aromatic carbocycles. The summed E-state index contributed by atoms with van der Waals surface area (Å²) in [7, 11) is -4.15. The van der Waals surface area contributed by atoms with Gasteiger partial charge in [0, 0.05) is 22.4 Å². The van der Waals surface area contributed by atoms with Gasteiger partial charge in [-0.25, -0.2) is 21.2 Å². The second kappa shape index (κ2) is 8.45. The third-order valence-corrected chi connectivity index (χ3v) is 6.56. The first-order valence-electron chi connectivity index (χ1n) is 10.9. The lowest BCUT2D eigenvalue weighted by molar-refractivity contribution is 0.587. The molecule has 0 unspecified atom stereocenters. The summed E-state index contributed by atoms with van der Waals surface area (Å²) in [6.45, 7) is -2.56. The molecule has 0 atom stereocenters. The molecule has 0 bridgehead atoms. The first-order valence-corrected chi connectivity index (χ1v) is 10.8. The number of hydrogen-bond acceptors (Lipinski definition) is 3. The van der Waals surface area contributed by atoms with Crippen LogP contribution in [-0.4, -0.2) is 19.4 Å². The monoisotopic (exact) mass is 441 g/mol. The maximum Gasteiger partial charge on any atom is 0.268 e. The molecule has 158 valence electrons. The zero-order valence-corrected chi connectivity index (χ0v) is 17.0. The summed E-state index contributed by atoms with van der Waals surface area (Å²) in [4.78, 5) is -0.0399. The molecule has 4 aromatic rings. The predicted octanol–water partition coefficient (Wildman–Crippen LogP) is 5.06. The van der Waals surface area contributed by atoms with E-state index in [4.69, 9.17) is 4.11 Å². The normalized spacial score (nSPS) is 13.4. The molecule has 4 rings (SSSR count). The number of aromatic nitrogens is 1. The van der Waals surface area contributed by atoms with Crippen LogP contribution in [0.2, 0.25) is 0 Å². The number of halogens is 2. The van der Waals surface area contributed by atoms with Crippen molar-refractivity contribution in [3.63, 3.8) is 0 Å². The second-order valence-electron chi connectivity index (χ2n) is 6.90. The standard InChI is InChI=1S/C24H20F2N2O2S/c1-27-15-17-14-24(22-4-2-3-5-23(22)26)28(16-17)31(29,30)21-12-8-19(9-13-21)18-6-10-20(25)11-7-18/h2-14,16,27H,15H2,1H3/i1D3. The van der Waals surface area contributed by atoms with E-state index in [1.165, 1.54) is 54.7 Å². The highest BCUT2D eigenvalue weighted by molar-refractivity contribution is 7.90. The van der Waals surface area contributed by atoms with Gasteiger partial charge in [0.2, 0.25) is 0 Å². The van der Waals surface area contributed by atoms with Crippen molar-refractivity contribution in [3.8, 4) is 22.4 Å². The molecule has 0 saturated heterocycles. The highest BCUT2D eigenvalue weighted by Gasteiger charge is 2.23. The van der Waals surface area contributed by atoms with Crippen LogP contribution in [0.15, 0.2) is 90.0 Å². The van der Waals surface area contributed by atoms with Crippen LogP contribution in [0.5, 0.6) is 0 Å². The summed E-state index contributed by atoms with van der Waals surface area (Å²) in [5.74, 6) is -0.987. The van der Waals surface area contributed by atoms with Crippen molar-refractivity contribution in [1.29, 1.82) is 0 Å². The van der Waals surface area contributed by atoms with Gasteiger partial charge in [0.15, 0.2) is 0 Å². The van der Waals surface area contributed by atoms with Gasteiger partial charge in [-0.3, -0.25) is 0 Å². The van der Waals surface area contributed by atoms with E-state index >= 15 is 0 Å². The van der Waals surface area contributed by atoms with Crippen LogP contribution in [0.3, 0.4) is 0 Å². The number of nitrogens with zero attached hydrogens (tertiary/aromatic N) is 1. The van der Waals surface area contributed by atoms with Crippen molar-refractivity contribution < 1.29 is 21.3 Å².